The van der Waals surface area contributed by atoms with Gasteiger partial charge in [-0.1, -0.05) is 12.1 Å². The Labute approximate surface area is 131 Å². The number of hydrogen-bond acceptors (Lipinski definition) is 2. The Bertz CT molecular complexity index is 723. The number of para-hydroxylation sites is 1. The maximum atomic E-state index is 13.8. The van der Waals surface area contributed by atoms with E-state index in [9.17, 15) is 22.4 Å². The van der Waals surface area contributed by atoms with E-state index in [0.29, 0.717) is 4.47 Å². The number of amides is 1. The zero-order valence-corrected chi connectivity index (χ0v) is 12.6. The molecular weight excluding hydrogens is 370 g/mol. The smallest absolute Gasteiger partial charge is 0.261 e. The summed E-state index contributed by atoms with van der Waals surface area (Å²) in [5.74, 6) is -9.78. The fraction of sp³-hybridized carbons (Fsp3) is 0.0714. The highest BCUT2D eigenvalue weighted by Crippen LogP contribution is 2.30. The minimum atomic E-state index is -1.83. The third-order valence-electron chi connectivity index (χ3n) is 2.78. The molecule has 2 rings (SSSR count). The summed E-state index contributed by atoms with van der Waals surface area (Å²) < 4.78 is 59.5. The summed E-state index contributed by atoms with van der Waals surface area (Å²) in [6.07, 6.45) is 0. The van der Waals surface area contributed by atoms with Gasteiger partial charge in [0.15, 0.2) is 17.4 Å². The highest BCUT2D eigenvalue weighted by molar-refractivity contribution is 9.10. The molecule has 0 heterocycles. The summed E-state index contributed by atoms with van der Waals surface area (Å²) in [7, 11) is 0.848. The lowest BCUT2D eigenvalue weighted by Gasteiger charge is -2.12. The van der Waals surface area contributed by atoms with Crippen LogP contribution < -0.4 is 10.1 Å². The lowest BCUT2D eigenvalue weighted by molar-refractivity contribution is 0.101. The van der Waals surface area contributed by atoms with Crippen molar-refractivity contribution in [2.24, 2.45) is 0 Å². The fourth-order valence-corrected chi connectivity index (χ4v) is 2.12. The fourth-order valence-electron chi connectivity index (χ4n) is 1.74. The predicted molar refractivity (Wildman–Crippen MR) is 74.9 cm³/mol. The number of nitrogens with one attached hydrogen (secondary N) is 1. The number of benzene rings is 2. The SMILES string of the molecule is COc1c(F)c(F)c(C(=O)Nc2ccccc2Br)c(F)c1F. The van der Waals surface area contributed by atoms with Crippen LogP contribution in [-0.4, -0.2) is 13.0 Å². The normalized spacial score (nSPS) is 10.5. The number of carbonyl (C=O) groups excluding carboxylic acids is 1. The Hall–Kier alpha value is -2.09. The molecule has 0 bridgehead atoms. The number of carbonyl (C=O) groups is 1. The molecule has 0 saturated heterocycles. The van der Waals surface area contributed by atoms with Crippen LogP contribution in [0.25, 0.3) is 0 Å². The van der Waals surface area contributed by atoms with E-state index in [0.717, 1.165) is 7.11 Å². The second-order valence-corrected chi connectivity index (χ2v) is 4.95. The van der Waals surface area contributed by atoms with Gasteiger partial charge in [0.05, 0.1) is 12.8 Å². The van der Waals surface area contributed by atoms with Crippen LogP contribution in [0.3, 0.4) is 0 Å². The van der Waals surface area contributed by atoms with E-state index in [2.05, 4.69) is 26.0 Å². The molecule has 0 spiro atoms. The van der Waals surface area contributed by atoms with Gasteiger partial charge < -0.3 is 10.1 Å². The Morgan fingerprint density at radius 2 is 1.59 bits per heavy atom. The van der Waals surface area contributed by atoms with Crippen molar-refractivity contribution in [1.29, 1.82) is 0 Å². The van der Waals surface area contributed by atoms with E-state index in [-0.39, 0.29) is 5.69 Å². The van der Waals surface area contributed by atoms with E-state index >= 15 is 0 Å². The van der Waals surface area contributed by atoms with Crippen LogP contribution in [0.4, 0.5) is 23.2 Å². The highest BCUT2D eigenvalue weighted by atomic mass is 79.9. The molecule has 0 aliphatic rings. The standard InChI is InChI=1S/C14H8BrF4NO2/c1-22-13-11(18)9(16)8(10(17)12(13)19)14(21)20-7-5-3-2-4-6(7)15/h2-5H,1H3,(H,20,21). The van der Waals surface area contributed by atoms with Crippen molar-refractivity contribution in [3.63, 3.8) is 0 Å². The maximum Gasteiger partial charge on any atom is 0.261 e. The molecule has 1 N–H and O–H groups in total. The van der Waals surface area contributed by atoms with Gasteiger partial charge in [-0.15, -0.1) is 0 Å². The average Bonchev–Trinajstić information content (AvgIpc) is 2.48. The van der Waals surface area contributed by atoms with Gasteiger partial charge in [0.1, 0.15) is 5.56 Å². The third kappa shape index (κ3) is 2.78. The lowest BCUT2D eigenvalue weighted by Crippen LogP contribution is -2.19. The van der Waals surface area contributed by atoms with Gasteiger partial charge in [-0.3, -0.25) is 4.79 Å². The van der Waals surface area contributed by atoms with Crippen LogP contribution in [0, 0.1) is 23.3 Å². The molecule has 1 amide bonds. The molecule has 0 atom stereocenters. The molecule has 2 aromatic rings. The minimum Gasteiger partial charge on any atom is -0.491 e. The first-order valence-electron chi connectivity index (χ1n) is 5.84. The maximum absolute atomic E-state index is 13.8. The van der Waals surface area contributed by atoms with E-state index in [4.69, 9.17) is 0 Å². The van der Waals surface area contributed by atoms with Crippen molar-refractivity contribution in [1.82, 2.24) is 0 Å². The van der Waals surface area contributed by atoms with Gasteiger partial charge in [0, 0.05) is 4.47 Å². The van der Waals surface area contributed by atoms with Crippen LogP contribution >= 0.6 is 15.9 Å². The molecule has 22 heavy (non-hydrogen) atoms. The molecule has 8 heteroatoms. The quantitative estimate of drug-likeness (QED) is 0.640. The van der Waals surface area contributed by atoms with Crippen molar-refractivity contribution in [3.05, 3.63) is 57.6 Å². The van der Waals surface area contributed by atoms with E-state index in [1.165, 1.54) is 6.07 Å². The summed E-state index contributed by atoms with van der Waals surface area (Å²) in [5, 5.41) is 2.16. The summed E-state index contributed by atoms with van der Waals surface area (Å²) in [5.41, 5.74) is -1.19. The van der Waals surface area contributed by atoms with Crippen LogP contribution in [0.15, 0.2) is 28.7 Å². The van der Waals surface area contributed by atoms with Crippen LogP contribution in [0.1, 0.15) is 10.4 Å². The monoisotopic (exact) mass is 377 g/mol. The largest absolute Gasteiger partial charge is 0.491 e. The third-order valence-corrected chi connectivity index (χ3v) is 3.47. The summed E-state index contributed by atoms with van der Waals surface area (Å²) >= 11 is 3.12. The molecule has 2 aromatic carbocycles. The molecule has 0 aliphatic carbocycles. The second-order valence-electron chi connectivity index (χ2n) is 4.10. The van der Waals surface area contributed by atoms with Gasteiger partial charge in [-0.05, 0) is 28.1 Å². The Morgan fingerprint density at radius 1 is 1.05 bits per heavy atom. The van der Waals surface area contributed by atoms with Gasteiger partial charge in [0.25, 0.3) is 5.91 Å². The first-order valence-corrected chi connectivity index (χ1v) is 6.63. The highest BCUT2D eigenvalue weighted by Gasteiger charge is 2.30. The van der Waals surface area contributed by atoms with Crippen molar-refractivity contribution < 1.29 is 27.1 Å². The Morgan fingerprint density at radius 3 is 2.09 bits per heavy atom. The zero-order chi connectivity index (χ0) is 16.4. The van der Waals surface area contributed by atoms with Gasteiger partial charge in [-0.2, -0.15) is 8.78 Å². The summed E-state index contributed by atoms with van der Waals surface area (Å²) in [4.78, 5) is 11.9. The minimum absolute atomic E-state index is 0.183. The van der Waals surface area contributed by atoms with Crippen LogP contribution in [0.5, 0.6) is 5.75 Å². The van der Waals surface area contributed by atoms with Crippen molar-refractivity contribution in [2.75, 3.05) is 12.4 Å². The average molecular weight is 378 g/mol. The number of rotatable bonds is 3. The van der Waals surface area contributed by atoms with E-state index in [1.807, 2.05) is 0 Å². The topological polar surface area (TPSA) is 38.3 Å². The van der Waals surface area contributed by atoms with E-state index in [1.54, 1.807) is 18.2 Å². The Balaban J connectivity index is 2.49. The number of anilines is 1. The molecule has 116 valence electrons. The molecule has 0 fully saturated rings. The van der Waals surface area contributed by atoms with Crippen molar-refractivity contribution in [3.8, 4) is 5.75 Å². The van der Waals surface area contributed by atoms with E-state index < -0.39 is 40.5 Å². The molecule has 0 unspecified atom stereocenters. The summed E-state index contributed by atoms with van der Waals surface area (Å²) in [6.45, 7) is 0. The van der Waals surface area contributed by atoms with Gasteiger partial charge in [0.2, 0.25) is 11.6 Å². The molecule has 3 nitrogen and oxygen atoms in total. The molecule has 0 radical (unpaired) electrons. The van der Waals surface area contributed by atoms with Gasteiger partial charge >= 0.3 is 0 Å². The first-order chi connectivity index (χ1) is 10.4. The summed E-state index contributed by atoms with van der Waals surface area (Å²) in [6, 6.07) is 6.21. The predicted octanol–water partition coefficient (Wildman–Crippen LogP) is 4.27. The van der Waals surface area contributed by atoms with Crippen molar-refractivity contribution >= 4 is 27.5 Å². The molecule has 0 aromatic heterocycles. The zero-order valence-electron chi connectivity index (χ0n) is 11.0. The number of hydrogen-bond donors (Lipinski definition) is 1. The number of ether oxygens (including phenoxy) is 1. The van der Waals surface area contributed by atoms with Crippen LogP contribution in [0.2, 0.25) is 0 Å². The lowest BCUT2D eigenvalue weighted by atomic mass is 10.1. The Kier molecular flexibility index (Phi) is 4.70. The molecular formula is C14H8BrF4NO2. The second kappa shape index (κ2) is 6.35. The van der Waals surface area contributed by atoms with Crippen LogP contribution in [-0.2, 0) is 0 Å². The molecule has 0 saturated carbocycles. The number of halogens is 5. The van der Waals surface area contributed by atoms with Gasteiger partial charge in [-0.25, -0.2) is 8.78 Å². The number of methoxy groups -OCH3 is 1. The van der Waals surface area contributed by atoms with Crippen molar-refractivity contribution in [2.45, 2.75) is 0 Å². The molecule has 0 aliphatic heterocycles. The first kappa shape index (κ1) is 16.3.